The van der Waals surface area contributed by atoms with Crippen LogP contribution in [0.4, 0.5) is 0 Å². The van der Waals surface area contributed by atoms with Crippen LogP contribution in [0.5, 0.6) is 11.5 Å². The topological polar surface area (TPSA) is 54.9 Å². The molecular formula is C17H22IN3O2S. The Morgan fingerprint density at radius 2 is 1.83 bits per heavy atom. The van der Waals surface area contributed by atoms with E-state index in [9.17, 15) is 0 Å². The zero-order valence-corrected chi connectivity index (χ0v) is 16.9. The van der Waals surface area contributed by atoms with Crippen LogP contribution in [0.1, 0.15) is 22.2 Å². The second-order valence-corrected chi connectivity index (χ2v) is 6.44. The van der Waals surface area contributed by atoms with Crippen LogP contribution in [-0.4, -0.2) is 19.8 Å². The minimum Gasteiger partial charge on any atom is -0.454 e. The number of thiophene rings is 1. The fourth-order valence-electron chi connectivity index (χ4n) is 2.34. The highest BCUT2D eigenvalue weighted by molar-refractivity contribution is 14.0. The number of aliphatic imine (C=N–C) groups is 1. The maximum atomic E-state index is 5.40. The van der Waals surface area contributed by atoms with Gasteiger partial charge in [0.25, 0.3) is 0 Å². The second kappa shape index (κ2) is 9.12. The van der Waals surface area contributed by atoms with E-state index in [0.717, 1.165) is 36.0 Å². The van der Waals surface area contributed by atoms with Crippen molar-refractivity contribution in [3.63, 3.8) is 0 Å². The Bertz CT molecular complexity index is 703. The van der Waals surface area contributed by atoms with Gasteiger partial charge in [-0.05, 0) is 36.2 Å². The van der Waals surface area contributed by atoms with Gasteiger partial charge in [0.2, 0.25) is 6.79 Å². The highest BCUT2D eigenvalue weighted by Crippen LogP contribution is 2.32. The largest absolute Gasteiger partial charge is 0.454 e. The van der Waals surface area contributed by atoms with E-state index < -0.39 is 0 Å². The molecule has 0 saturated carbocycles. The number of halogens is 1. The van der Waals surface area contributed by atoms with Crippen LogP contribution in [0.2, 0.25) is 0 Å². The third kappa shape index (κ3) is 4.76. The van der Waals surface area contributed by atoms with E-state index in [1.807, 2.05) is 29.5 Å². The van der Waals surface area contributed by atoms with Crippen molar-refractivity contribution in [2.24, 2.45) is 4.99 Å². The standard InChI is InChI=1S/C17H21N3O2S.HI/c1-3-13-5-6-14(23-13)10-20-17(18-2)19-9-12-4-7-15-16(8-12)22-11-21-15;/h4-8H,3,9-11H2,1-2H3,(H2,18,19,20);1H. The molecule has 2 N–H and O–H groups in total. The first-order chi connectivity index (χ1) is 11.3. The zero-order valence-electron chi connectivity index (χ0n) is 13.8. The minimum absolute atomic E-state index is 0. The number of nitrogens with zero attached hydrogens (tertiary/aromatic N) is 1. The number of rotatable bonds is 5. The molecule has 3 rings (SSSR count). The molecule has 0 unspecified atom stereocenters. The van der Waals surface area contributed by atoms with Crippen molar-refractivity contribution in [3.8, 4) is 11.5 Å². The van der Waals surface area contributed by atoms with Crippen LogP contribution in [-0.2, 0) is 19.5 Å². The van der Waals surface area contributed by atoms with Gasteiger partial charge >= 0.3 is 0 Å². The monoisotopic (exact) mass is 459 g/mol. The molecule has 1 aliphatic heterocycles. The van der Waals surface area contributed by atoms with Crippen LogP contribution in [0, 0.1) is 0 Å². The molecule has 0 amide bonds. The van der Waals surface area contributed by atoms with Gasteiger partial charge in [0.15, 0.2) is 17.5 Å². The van der Waals surface area contributed by atoms with Gasteiger partial charge in [0.1, 0.15) is 0 Å². The smallest absolute Gasteiger partial charge is 0.231 e. The summed E-state index contributed by atoms with van der Waals surface area (Å²) in [5, 5.41) is 6.65. The maximum Gasteiger partial charge on any atom is 0.231 e. The molecule has 2 aromatic rings. The van der Waals surface area contributed by atoms with Crippen molar-refractivity contribution in [2.75, 3.05) is 13.8 Å². The average molecular weight is 459 g/mol. The average Bonchev–Trinajstić information content (AvgIpc) is 3.23. The molecule has 0 saturated heterocycles. The molecule has 5 nitrogen and oxygen atoms in total. The van der Waals surface area contributed by atoms with Gasteiger partial charge in [0.05, 0.1) is 6.54 Å². The van der Waals surface area contributed by atoms with E-state index in [-0.39, 0.29) is 24.0 Å². The molecule has 7 heteroatoms. The van der Waals surface area contributed by atoms with Gasteiger partial charge in [-0.2, -0.15) is 0 Å². The third-order valence-electron chi connectivity index (χ3n) is 3.62. The van der Waals surface area contributed by atoms with Gasteiger partial charge < -0.3 is 20.1 Å². The van der Waals surface area contributed by atoms with E-state index in [1.54, 1.807) is 7.05 Å². The Morgan fingerprint density at radius 1 is 1.08 bits per heavy atom. The zero-order chi connectivity index (χ0) is 16.1. The number of benzene rings is 1. The Hall–Kier alpha value is -1.48. The van der Waals surface area contributed by atoms with Crippen LogP contribution >= 0.6 is 35.3 Å². The summed E-state index contributed by atoms with van der Waals surface area (Å²) in [6, 6.07) is 10.3. The van der Waals surface area contributed by atoms with Gasteiger partial charge in [-0.15, -0.1) is 35.3 Å². The molecule has 1 aromatic heterocycles. The van der Waals surface area contributed by atoms with Crippen LogP contribution < -0.4 is 20.1 Å². The lowest BCUT2D eigenvalue weighted by Crippen LogP contribution is -2.36. The quantitative estimate of drug-likeness (QED) is 0.408. The van der Waals surface area contributed by atoms with Crippen molar-refractivity contribution >= 4 is 41.3 Å². The third-order valence-corrected chi connectivity index (χ3v) is 4.85. The first kappa shape index (κ1) is 18.9. The first-order valence-corrected chi connectivity index (χ1v) is 8.50. The van der Waals surface area contributed by atoms with E-state index in [0.29, 0.717) is 13.3 Å². The van der Waals surface area contributed by atoms with Crippen LogP contribution in [0.25, 0.3) is 0 Å². The number of fused-ring (bicyclic) bond motifs is 1. The van der Waals surface area contributed by atoms with Crippen LogP contribution in [0.15, 0.2) is 35.3 Å². The molecule has 1 aromatic carbocycles. The molecule has 0 spiro atoms. The number of guanidine groups is 1. The number of hydrogen-bond acceptors (Lipinski definition) is 4. The summed E-state index contributed by atoms with van der Waals surface area (Å²) in [7, 11) is 1.78. The van der Waals surface area contributed by atoms with E-state index in [4.69, 9.17) is 9.47 Å². The summed E-state index contributed by atoms with van der Waals surface area (Å²) in [5.74, 6) is 2.40. The Labute approximate surface area is 163 Å². The molecule has 0 bridgehead atoms. The van der Waals surface area contributed by atoms with E-state index in [2.05, 4.69) is 34.7 Å². The summed E-state index contributed by atoms with van der Waals surface area (Å²) < 4.78 is 10.7. The Morgan fingerprint density at radius 3 is 2.58 bits per heavy atom. The van der Waals surface area contributed by atoms with E-state index >= 15 is 0 Å². The predicted molar refractivity (Wildman–Crippen MR) is 109 cm³/mol. The summed E-state index contributed by atoms with van der Waals surface area (Å²) in [5.41, 5.74) is 1.13. The molecule has 0 radical (unpaired) electrons. The van der Waals surface area contributed by atoms with Gasteiger partial charge in [0, 0.05) is 23.3 Å². The summed E-state index contributed by atoms with van der Waals surface area (Å²) in [6.45, 7) is 3.94. The van der Waals surface area contributed by atoms with Crippen molar-refractivity contribution in [2.45, 2.75) is 26.4 Å². The predicted octanol–water partition coefficient (Wildman–Crippen LogP) is 3.52. The lowest BCUT2D eigenvalue weighted by Gasteiger charge is -2.11. The number of ether oxygens (including phenoxy) is 2. The summed E-state index contributed by atoms with van der Waals surface area (Å²) >= 11 is 1.84. The van der Waals surface area contributed by atoms with Crippen molar-refractivity contribution in [1.29, 1.82) is 0 Å². The van der Waals surface area contributed by atoms with Crippen molar-refractivity contribution in [1.82, 2.24) is 10.6 Å². The number of hydrogen-bond donors (Lipinski definition) is 2. The molecule has 1 aliphatic rings. The lowest BCUT2D eigenvalue weighted by molar-refractivity contribution is 0.174. The number of aryl methyl sites for hydroxylation is 1. The van der Waals surface area contributed by atoms with Crippen molar-refractivity contribution < 1.29 is 9.47 Å². The normalized spacial score (nSPS) is 12.7. The fourth-order valence-corrected chi connectivity index (χ4v) is 3.23. The Kier molecular flexibility index (Phi) is 7.16. The van der Waals surface area contributed by atoms with Gasteiger partial charge in [-0.1, -0.05) is 13.0 Å². The van der Waals surface area contributed by atoms with Crippen LogP contribution in [0.3, 0.4) is 0 Å². The highest BCUT2D eigenvalue weighted by atomic mass is 127. The van der Waals surface area contributed by atoms with Crippen molar-refractivity contribution in [3.05, 3.63) is 45.6 Å². The fraction of sp³-hybridized carbons (Fsp3) is 0.353. The van der Waals surface area contributed by atoms with E-state index in [1.165, 1.54) is 9.75 Å². The molecule has 130 valence electrons. The maximum absolute atomic E-state index is 5.40. The summed E-state index contributed by atoms with van der Waals surface area (Å²) in [6.07, 6.45) is 1.09. The highest BCUT2D eigenvalue weighted by Gasteiger charge is 2.13. The molecule has 0 aliphatic carbocycles. The molecule has 0 fully saturated rings. The summed E-state index contributed by atoms with van der Waals surface area (Å²) in [4.78, 5) is 6.98. The lowest BCUT2D eigenvalue weighted by atomic mass is 10.2. The molecular weight excluding hydrogens is 437 g/mol. The van der Waals surface area contributed by atoms with Gasteiger partial charge in [-0.25, -0.2) is 0 Å². The Balaban J connectivity index is 0.00000208. The van der Waals surface area contributed by atoms with Gasteiger partial charge in [-0.3, -0.25) is 4.99 Å². The SMILES string of the molecule is CCc1ccc(CNC(=NC)NCc2ccc3c(c2)OCO3)s1.I. The second-order valence-electron chi connectivity index (χ2n) is 5.19. The minimum atomic E-state index is 0. The molecule has 24 heavy (non-hydrogen) atoms. The molecule has 2 heterocycles. The molecule has 0 atom stereocenters. The first-order valence-electron chi connectivity index (χ1n) is 7.69. The number of nitrogens with one attached hydrogen (secondary N) is 2.